The number of hydrogen-bond acceptors (Lipinski definition) is 5. The zero-order chi connectivity index (χ0) is 11.4. The summed E-state index contributed by atoms with van der Waals surface area (Å²) in [4.78, 5) is 11.3. The Hall–Kier alpha value is -1.40. The molecule has 1 unspecified atom stereocenters. The Morgan fingerprint density at radius 1 is 1.80 bits per heavy atom. The molecule has 0 radical (unpaired) electrons. The van der Waals surface area contributed by atoms with Gasteiger partial charge in [-0.3, -0.25) is 4.68 Å². The number of aryl methyl sites for hydroxylation is 1. The van der Waals surface area contributed by atoms with E-state index in [0.717, 1.165) is 0 Å². The van der Waals surface area contributed by atoms with E-state index in [0.29, 0.717) is 18.5 Å². The fourth-order valence-corrected chi connectivity index (χ4v) is 1.32. The second kappa shape index (κ2) is 4.90. The summed E-state index contributed by atoms with van der Waals surface area (Å²) in [6, 6.07) is 0. The molecule has 0 aliphatic rings. The van der Waals surface area contributed by atoms with Gasteiger partial charge < -0.3 is 15.6 Å². The Bertz CT molecular complexity index is 348. The van der Waals surface area contributed by atoms with E-state index in [-0.39, 0.29) is 5.69 Å². The van der Waals surface area contributed by atoms with Crippen LogP contribution in [-0.4, -0.2) is 34.5 Å². The van der Waals surface area contributed by atoms with Gasteiger partial charge in [-0.1, -0.05) is 0 Å². The number of methoxy groups -OCH3 is 1. The van der Waals surface area contributed by atoms with E-state index in [4.69, 9.17) is 5.73 Å². The molecular weight excluding hydrogens is 198 g/mol. The maximum atomic E-state index is 11.3. The summed E-state index contributed by atoms with van der Waals surface area (Å²) in [7, 11) is 2.95. The SMILES string of the molecule is COC(=O)c1nn(C)cc1C(O)CCN. The fourth-order valence-electron chi connectivity index (χ4n) is 1.32. The maximum Gasteiger partial charge on any atom is 0.358 e. The summed E-state index contributed by atoms with van der Waals surface area (Å²) < 4.78 is 6.02. The van der Waals surface area contributed by atoms with Gasteiger partial charge in [-0.2, -0.15) is 5.10 Å². The molecule has 0 saturated carbocycles. The van der Waals surface area contributed by atoms with Crippen LogP contribution in [0.3, 0.4) is 0 Å². The molecule has 1 heterocycles. The maximum absolute atomic E-state index is 11.3. The van der Waals surface area contributed by atoms with Gasteiger partial charge in [-0.15, -0.1) is 0 Å². The van der Waals surface area contributed by atoms with Crippen molar-refractivity contribution in [2.75, 3.05) is 13.7 Å². The van der Waals surface area contributed by atoms with Crippen LogP contribution in [0, 0.1) is 0 Å². The predicted molar refractivity (Wildman–Crippen MR) is 53.2 cm³/mol. The highest BCUT2D eigenvalue weighted by atomic mass is 16.5. The third-order valence-electron chi connectivity index (χ3n) is 2.03. The van der Waals surface area contributed by atoms with E-state index < -0.39 is 12.1 Å². The fraction of sp³-hybridized carbons (Fsp3) is 0.556. The Morgan fingerprint density at radius 2 is 2.47 bits per heavy atom. The van der Waals surface area contributed by atoms with Crippen molar-refractivity contribution < 1.29 is 14.6 Å². The smallest absolute Gasteiger partial charge is 0.358 e. The molecule has 0 aliphatic heterocycles. The highest BCUT2D eigenvalue weighted by Crippen LogP contribution is 2.19. The lowest BCUT2D eigenvalue weighted by Gasteiger charge is -2.07. The van der Waals surface area contributed by atoms with Crippen molar-refractivity contribution in [2.24, 2.45) is 12.8 Å². The summed E-state index contributed by atoms with van der Waals surface area (Å²) in [6.45, 7) is 0.344. The lowest BCUT2D eigenvalue weighted by molar-refractivity contribution is 0.0585. The summed E-state index contributed by atoms with van der Waals surface area (Å²) in [5.41, 5.74) is 5.92. The van der Waals surface area contributed by atoms with Crippen LogP contribution in [0.25, 0.3) is 0 Å². The minimum atomic E-state index is -0.780. The third kappa shape index (κ3) is 2.54. The molecule has 1 atom stereocenters. The molecule has 15 heavy (non-hydrogen) atoms. The van der Waals surface area contributed by atoms with Gasteiger partial charge in [0, 0.05) is 18.8 Å². The van der Waals surface area contributed by atoms with E-state index >= 15 is 0 Å². The molecule has 0 aromatic carbocycles. The highest BCUT2D eigenvalue weighted by molar-refractivity contribution is 5.88. The minimum absolute atomic E-state index is 0.140. The van der Waals surface area contributed by atoms with Crippen LogP contribution in [0.1, 0.15) is 28.6 Å². The van der Waals surface area contributed by atoms with Crippen LogP contribution in [0.4, 0.5) is 0 Å². The molecule has 0 saturated heterocycles. The van der Waals surface area contributed by atoms with E-state index in [2.05, 4.69) is 9.84 Å². The number of rotatable bonds is 4. The van der Waals surface area contributed by atoms with Crippen LogP contribution in [0.5, 0.6) is 0 Å². The zero-order valence-electron chi connectivity index (χ0n) is 8.80. The Morgan fingerprint density at radius 3 is 3.00 bits per heavy atom. The van der Waals surface area contributed by atoms with Gasteiger partial charge in [-0.25, -0.2) is 4.79 Å². The first-order valence-corrected chi connectivity index (χ1v) is 4.60. The minimum Gasteiger partial charge on any atom is -0.464 e. The number of hydrogen-bond donors (Lipinski definition) is 2. The second-order valence-corrected chi connectivity index (χ2v) is 3.19. The molecule has 84 valence electrons. The van der Waals surface area contributed by atoms with Gasteiger partial charge in [-0.05, 0) is 13.0 Å². The van der Waals surface area contributed by atoms with Gasteiger partial charge in [0.1, 0.15) is 0 Å². The summed E-state index contributed by atoms with van der Waals surface area (Å²) in [5, 5.41) is 13.6. The molecular formula is C9H15N3O3. The van der Waals surface area contributed by atoms with Gasteiger partial charge >= 0.3 is 5.97 Å². The van der Waals surface area contributed by atoms with Crippen LogP contribution >= 0.6 is 0 Å². The number of nitrogens with zero attached hydrogens (tertiary/aromatic N) is 2. The standard InChI is InChI=1S/C9H15N3O3/c1-12-5-6(7(13)3-4-10)8(11-12)9(14)15-2/h5,7,13H,3-4,10H2,1-2H3. The Kier molecular flexibility index (Phi) is 3.81. The van der Waals surface area contributed by atoms with Crippen molar-refractivity contribution in [3.63, 3.8) is 0 Å². The largest absolute Gasteiger partial charge is 0.464 e. The Balaban J connectivity index is 3.00. The molecule has 0 spiro atoms. The topological polar surface area (TPSA) is 90.4 Å². The molecule has 0 aliphatic carbocycles. The number of aliphatic hydroxyl groups excluding tert-OH is 1. The van der Waals surface area contributed by atoms with E-state index in [1.165, 1.54) is 11.8 Å². The van der Waals surface area contributed by atoms with Crippen LogP contribution in [0.15, 0.2) is 6.20 Å². The van der Waals surface area contributed by atoms with Crippen molar-refractivity contribution >= 4 is 5.97 Å². The van der Waals surface area contributed by atoms with Gasteiger partial charge in [0.05, 0.1) is 13.2 Å². The monoisotopic (exact) mass is 213 g/mol. The molecule has 1 rings (SSSR count). The number of carbonyl (C=O) groups is 1. The number of carbonyl (C=O) groups excluding carboxylic acids is 1. The lowest BCUT2D eigenvalue weighted by Crippen LogP contribution is -2.11. The lowest BCUT2D eigenvalue weighted by atomic mass is 10.1. The first-order chi connectivity index (χ1) is 7.10. The number of esters is 1. The van der Waals surface area contributed by atoms with Crippen LogP contribution in [0.2, 0.25) is 0 Å². The van der Waals surface area contributed by atoms with Crippen LogP contribution in [-0.2, 0) is 11.8 Å². The van der Waals surface area contributed by atoms with Crippen LogP contribution < -0.4 is 5.73 Å². The average Bonchev–Trinajstić information content (AvgIpc) is 2.59. The van der Waals surface area contributed by atoms with E-state index in [9.17, 15) is 9.90 Å². The summed E-state index contributed by atoms with van der Waals surface area (Å²) >= 11 is 0. The quantitative estimate of drug-likeness (QED) is 0.663. The molecule has 6 nitrogen and oxygen atoms in total. The van der Waals surface area contributed by atoms with Crippen molar-refractivity contribution in [1.29, 1.82) is 0 Å². The summed E-state index contributed by atoms with van der Waals surface area (Å²) in [6.07, 6.45) is 1.19. The average molecular weight is 213 g/mol. The van der Waals surface area contributed by atoms with Gasteiger partial charge in [0.15, 0.2) is 5.69 Å². The molecule has 0 bridgehead atoms. The summed E-state index contributed by atoms with van der Waals surface area (Å²) in [5.74, 6) is -0.554. The van der Waals surface area contributed by atoms with Crippen molar-refractivity contribution in [1.82, 2.24) is 9.78 Å². The molecule has 3 N–H and O–H groups in total. The molecule has 1 aromatic heterocycles. The Labute approximate surface area is 87.6 Å². The number of aliphatic hydroxyl groups is 1. The second-order valence-electron chi connectivity index (χ2n) is 3.19. The normalized spacial score (nSPS) is 12.5. The van der Waals surface area contributed by atoms with E-state index in [1.54, 1.807) is 13.2 Å². The number of nitrogens with two attached hydrogens (primary N) is 1. The molecule has 1 aromatic rings. The van der Waals surface area contributed by atoms with Crippen molar-refractivity contribution in [3.8, 4) is 0 Å². The molecule has 0 amide bonds. The third-order valence-corrected chi connectivity index (χ3v) is 2.03. The zero-order valence-corrected chi connectivity index (χ0v) is 8.80. The number of aromatic nitrogens is 2. The highest BCUT2D eigenvalue weighted by Gasteiger charge is 2.21. The predicted octanol–water partition coefficient (Wildman–Crippen LogP) is -0.411. The first-order valence-electron chi connectivity index (χ1n) is 4.60. The molecule has 6 heteroatoms. The van der Waals surface area contributed by atoms with Gasteiger partial charge in [0.25, 0.3) is 0 Å². The van der Waals surface area contributed by atoms with E-state index in [1.807, 2.05) is 0 Å². The first kappa shape index (κ1) is 11.7. The van der Waals surface area contributed by atoms with Crippen molar-refractivity contribution in [2.45, 2.75) is 12.5 Å². The number of ether oxygens (including phenoxy) is 1. The molecule has 0 fully saturated rings. The van der Waals surface area contributed by atoms with Gasteiger partial charge in [0.2, 0.25) is 0 Å². The van der Waals surface area contributed by atoms with Crippen molar-refractivity contribution in [3.05, 3.63) is 17.5 Å².